The number of hydrogen-bond donors (Lipinski definition) is 6. The van der Waals surface area contributed by atoms with Crippen molar-refractivity contribution in [3.63, 3.8) is 0 Å². The SMILES string of the molecule is O=C(O)c1ccc(C(=O)O)cc1.OC1(O)CCCC1.OCCO. The van der Waals surface area contributed by atoms with Gasteiger partial charge in [0.2, 0.25) is 0 Å². The maximum atomic E-state index is 10.3. The van der Waals surface area contributed by atoms with Crippen molar-refractivity contribution in [2.45, 2.75) is 31.5 Å². The lowest BCUT2D eigenvalue weighted by molar-refractivity contribution is -0.152. The highest BCUT2D eigenvalue weighted by atomic mass is 16.5. The Kier molecular flexibility index (Phi) is 9.75. The van der Waals surface area contributed by atoms with E-state index in [4.69, 9.17) is 30.6 Å². The van der Waals surface area contributed by atoms with Gasteiger partial charge in [-0.25, -0.2) is 9.59 Å². The fourth-order valence-electron chi connectivity index (χ4n) is 1.70. The number of aliphatic hydroxyl groups excluding tert-OH is 2. The minimum Gasteiger partial charge on any atom is -0.478 e. The van der Waals surface area contributed by atoms with E-state index in [0.29, 0.717) is 12.8 Å². The molecule has 1 aliphatic rings. The summed E-state index contributed by atoms with van der Waals surface area (Å²) in [5.74, 6) is -3.43. The Hall–Kier alpha value is -2.00. The third-order valence-electron chi connectivity index (χ3n) is 2.88. The molecule has 2 rings (SSSR count). The van der Waals surface area contributed by atoms with Crippen LogP contribution in [0.15, 0.2) is 24.3 Å². The van der Waals surface area contributed by atoms with Gasteiger partial charge < -0.3 is 30.6 Å². The topological polar surface area (TPSA) is 156 Å². The summed E-state index contributed by atoms with van der Waals surface area (Å²) in [4.78, 5) is 20.7. The van der Waals surface area contributed by atoms with E-state index in [2.05, 4.69) is 0 Å². The average molecular weight is 330 g/mol. The number of carbonyl (C=O) groups is 2. The molecular weight excluding hydrogens is 308 g/mol. The van der Waals surface area contributed by atoms with E-state index in [1.165, 1.54) is 24.3 Å². The van der Waals surface area contributed by atoms with Crippen molar-refractivity contribution in [2.75, 3.05) is 13.2 Å². The van der Waals surface area contributed by atoms with Crippen LogP contribution in [0, 0.1) is 0 Å². The molecule has 0 unspecified atom stereocenters. The summed E-state index contributed by atoms with van der Waals surface area (Å²) in [5, 5.41) is 49.7. The number of carboxylic acids is 2. The molecule has 0 bridgehead atoms. The molecule has 130 valence electrons. The standard InChI is InChI=1S/C8H6O4.C5H10O2.C2H6O2/c9-7(10)5-1-2-6(4-3-5)8(11)12;6-5(7)3-1-2-4-5;3-1-2-4/h1-4H,(H,9,10)(H,11,12);6-7H,1-4H2;3-4H,1-2H2. The molecule has 1 aliphatic carbocycles. The first-order chi connectivity index (χ1) is 10.7. The second kappa shape index (κ2) is 10.7. The van der Waals surface area contributed by atoms with Crippen molar-refractivity contribution in [3.8, 4) is 0 Å². The van der Waals surface area contributed by atoms with Gasteiger partial charge >= 0.3 is 11.9 Å². The van der Waals surface area contributed by atoms with Crippen LogP contribution in [0.4, 0.5) is 0 Å². The van der Waals surface area contributed by atoms with E-state index in [-0.39, 0.29) is 24.3 Å². The molecule has 23 heavy (non-hydrogen) atoms. The number of benzene rings is 1. The Morgan fingerprint density at radius 2 is 1.13 bits per heavy atom. The molecule has 0 amide bonds. The predicted octanol–water partition coefficient (Wildman–Crippen LogP) is 0.295. The zero-order chi connectivity index (χ0) is 17.9. The lowest BCUT2D eigenvalue weighted by atomic mass is 10.1. The van der Waals surface area contributed by atoms with Crippen molar-refractivity contribution >= 4 is 11.9 Å². The molecule has 0 aromatic heterocycles. The molecule has 6 N–H and O–H groups in total. The molecule has 0 saturated heterocycles. The first-order valence-electron chi connectivity index (χ1n) is 6.96. The molecule has 1 aromatic rings. The van der Waals surface area contributed by atoms with Gasteiger partial charge in [-0.05, 0) is 37.1 Å². The highest BCUT2D eigenvalue weighted by Crippen LogP contribution is 2.25. The first kappa shape index (κ1) is 21.0. The Morgan fingerprint density at radius 3 is 1.26 bits per heavy atom. The summed E-state index contributed by atoms with van der Waals surface area (Å²) in [7, 11) is 0. The van der Waals surface area contributed by atoms with Gasteiger partial charge in [0.05, 0.1) is 24.3 Å². The normalized spacial score (nSPS) is 14.8. The van der Waals surface area contributed by atoms with Gasteiger partial charge in [-0.15, -0.1) is 0 Å². The fraction of sp³-hybridized carbons (Fsp3) is 0.467. The Balaban J connectivity index is 0.000000371. The fourth-order valence-corrected chi connectivity index (χ4v) is 1.70. The maximum Gasteiger partial charge on any atom is 0.335 e. The van der Waals surface area contributed by atoms with Crippen LogP contribution in [-0.4, -0.2) is 61.6 Å². The molecule has 0 aliphatic heterocycles. The van der Waals surface area contributed by atoms with Crippen LogP contribution < -0.4 is 0 Å². The number of hydrogen-bond acceptors (Lipinski definition) is 6. The highest BCUT2D eigenvalue weighted by molar-refractivity contribution is 5.91. The van der Waals surface area contributed by atoms with E-state index in [0.717, 1.165) is 12.8 Å². The molecule has 0 atom stereocenters. The van der Waals surface area contributed by atoms with E-state index in [9.17, 15) is 9.59 Å². The minimum atomic E-state index is -1.31. The van der Waals surface area contributed by atoms with E-state index < -0.39 is 17.7 Å². The average Bonchev–Trinajstić information content (AvgIpc) is 2.92. The number of rotatable bonds is 3. The van der Waals surface area contributed by atoms with E-state index in [1.807, 2.05) is 0 Å². The van der Waals surface area contributed by atoms with Crippen molar-refractivity contribution in [2.24, 2.45) is 0 Å². The molecule has 1 aromatic carbocycles. The number of aliphatic hydroxyl groups is 4. The van der Waals surface area contributed by atoms with Crippen molar-refractivity contribution in [3.05, 3.63) is 35.4 Å². The quantitative estimate of drug-likeness (QED) is 0.432. The van der Waals surface area contributed by atoms with Crippen molar-refractivity contribution in [1.82, 2.24) is 0 Å². The molecule has 0 spiro atoms. The van der Waals surface area contributed by atoms with Gasteiger partial charge in [-0.1, -0.05) is 0 Å². The van der Waals surface area contributed by atoms with Gasteiger partial charge in [0.15, 0.2) is 5.79 Å². The summed E-state index contributed by atoms with van der Waals surface area (Å²) in [6.45, 7) is -0.250. The minimum absolute atomic E-state index is 0.0833. The lowest BCUT2D eigenvalue weighted by Gasteiger charge is -2.11. The predicted molar refractivity (Wildman–Crippen MR) is 80.2 cm³/mol. The maximum absolute atomic E-state index is 10.3. The van der Waals surface area contributed by atoms with Crippen LogP contribution in [0.25, 0.3) is 0 Å². The van der Waals surface area contributed by atoms with Gasteiger partial charge in [0.1, 0.15) is 0 Å². The van der Waals surface area contributed by atoms with Crippen LogP contribution in [0.3, 0.4) is 0 Å². The van der Waals surface area contributed by atoms with Gasteiger partial charge in [-0.3, -0.25) is 0 Å². The van der Waals surface area contributed by atoms with Crippen LogP contribution in [0.2, 0.25) is 0 Å². The smallest absolute Gasteiger partial charge is 0.335 e. The molecule has 0 radical (unpaired) electrons. The zero-order valence-electron chi connectivity index (χ0n) is 12.6. The van der Waals surface area contributed by atoms with E-state index in [1.54, 1.807) is 0 Å². The van der Waals surface area contributed by atoms with Gasteiger partial charge in [-0.2, -0.15) is 0 Å². The summed E-state index contributed by atoms with van der Waals surface area (Å²) < 4.78 is 0. The van der Waals surface area contributed by atoms with Crippen LogP contribution in [0.1, 0.15) is 46.4 Å². The third kappa shape index (κ3) is 9.59. The Bertz CT molecular complexity index is 438. The van der Waals surface area contributed by atoms with Gasteiger partial charge in [0.25, 0.3) is 0 Å². The van der Waals surface area contributed by atoms with Crippen LogP contribution >= 0.6 is 0 Å². The van der Waals surface area contributed by atoms with Crippen LogP contribution in [-0.2, 0) is 0 Å². The summed E-state index contributed by atoms with van der Waals surface area (Å²) in [6.07, 6.45) is 3.06. The zero-order valence-corrected chi connectivity index (χ0v) is 12.6. The van der Waals surface area contributed by atoms with Crippen molar-refractivity contribution in [1.29, 1.82) is 0 Å². The second-order valence-electron chi connectivity index (χ2n) is 4.82. The highest BCUT2D eigenvalue weighted by Gasteiger charge is 2.26. The largest absolute Gasteiger partial charge is 0.478 e. The molecule has 1 saturated carbocycles. The van der Waals surface area contributed by atoms with Crippen LogP contribution in [0.5, 0.6) is 0 Å². The van der Waals surface area contributed by atoms with Crippen molar-refractivity contribution < 1.29 is 40.2 Å². The summed E-state index contributed by atoms with van der Waals surface area (Å²) in [5.41, 5.74) is 0.167. The molecule has 1 fully saturated rings. The number of aromatic carboxylic acids is 2. The first-order valence-corrected chi connectivity index (χ1v) is 6.96. The van der Waals surface area contributed by atoms with E-state index >= 15 is 0 Å². The Labute approximate surface area is 133 Å². The molecule has 8 heteroatoms. The lowest BCUT2D eigenvalue weighted by Crippen LogP contribution is -2.21. The number of carboxylic acid groups (broad SMARTS) is 2. The molecule has 0 heterocycles. The molecule has 8 nitrogen and oxygen atoms in total. The van der Waals surface area contributed by atoms with Gasteiger partial charge in [0, 0.05) is 12.8 Å². The second-order valence-corrected chi connectivity index (χ2v) is 4.82. The Morgan fingerprint density at radius 1 is 0.826 bits per heavy atom. The monoisotopic (exact) mass is 330 g/mol. The third-order valence-corrected chi connectivity index (χ3v) is 2.88. The summed E-state index contributed by atoms with van der Waals surface area (Å²) >= 11 is 0. The molecular formula is C15H22O8. The summed E-state index contributed by atoms with van der Waals surface area (Å²) in [6, 6.07) is 5.02.